The van der Waals surface area contributed by atoms with E-state index in [9.17, 15) is 9.59 Å². The monoisotopic (exact) mass is 281 g/mol. The molecule has 2 fully saturated rings. The zero-order chi connectivity index (χ0) is 14.6. The SMILES string of the molecule is CCC(CCO)CN1C(=O)CC2(CCCCC2)CC1=O. The molecular weight excluding hydrogens is 254 g/mol. The van der Waals surface area contributed by atoms with E-state index in [1.54, 1.807) is 0 Å². The number of piperidine rings is 1. The highest BCUT2D eigenvalue weighted by Gasteiger charge is 2.44. The van der Waals surface area contributed by atoms with Gasteiger partial charge in [0.1, 0.15) is 0 Å². The molecule has 1 aliphatic heterocycles. The average molecular weight is 281 g/mol. The van der Waals surface area contributed by atoms with Crippen molar-refractivity contribution < 1.29 is 14.7 Å². The summed E-state index contributed by atoms with van der Waals surface area (Å²) < 4.78 is 0. The normalized spacial score (nSPS) is 24.2. The maximum absolute atomic E-state index is 12.4. The van der Waals surface area contributed by atoms with E-state index in [0.717, 1.165) is 32.1 Å². The zero-order valence-corrected chi connectivity index (χ0v) is 12.6. The Kier molecular flexibility index (Phi) is 5.19. The summed E-state index contributed by atoms with van der Waals surface area (Å²) in [7, 11) is 0. The molecule has 1 atom stereocenters. The van der Waals surface area contributed by atoms with Crippen LogP contribution in [0.15, 0.2) is 0 Å². The molecule has 0 aromatic rings. The molecule has 1 unspecified atom stereocenters. The van der Waals surface area contributed by atoms with Crippen molar-refractivity contribution in [1.82, 2.24) is 4.90 Å². The molecule has 1 saturated carbocycles. The number of hydrogen-bond donors (Lipinski definition) is 1. The number of amides is 2. The third-order valence-corrected chi connectivity index (χ3v) is 5.12. The summed E-state index contributed by atoms with van der Waals surface area (Å²) in [5.41, 5.74) is -0.0262. The van der Waals surface area contributed by atoms with Crippen LogP contribution in [-0.2, 0) is 9.59 Å². The summed E-state index contributed by atoms with van der Waals surface area (Å²) in [4.78, 5) is 26.2. The maximum atomic E-state index is 12.4. The van der Waals surface area contributed by atoms with Gasteiger partial charge in [-0.2, -0.15) is 0 Å². The molecule has 1 heterocycles. The second kappa shape index (κ2) is 6.70. The quantitative estimate of drug-likeness (QED) is 0.788. The van der Waals surface area contributed by atoms with Gasteiger partial charge in [-0.3, -0.25) is 14.5 Å². The lowest BCUT2D eigenvalue weighted by Gasteiger charge is -2.43. The van der Waals surface area contributed by atoms with E-state index in [1.165, 1.54) is 11.3 Å². The Hall–Kier alpha value is -0.900. The number of likely N-dealkylation sites (tertiary alicyclic amines) is 1. The van der Waals surface area contributed by atoms with Crippen molar-refractivity contribution in [3.63, 3.8) is 0 Å². The molecule has 2 rings (SSSR count). The number of carbonyl (C=O) groups is 2. The third kappa shape index (κ3) is 3.40. The van der Waals surface area contributed by atoms with Crippen LogP contribution >= 0.6 is 0 Å². The predicted molar refractivity (Wildman–Crippen MR) is 77.0 cm³/mol. The van der Waals surface area contributed by atoms with Gasteiger partial charge in [-0.25, -0.2) is 0 Å². The highest BCUT2D eigenvalue weighted by Crippen LogP contribution is 2.45. The van der Waals surface area contributed by atoms with Crippen LogP contribution < -0.4 is 0 Å². The standard InChI is InChI=1S/C16H27NO3/c1-2-13(6-9-18)12-17-14(19)10-16(11-15(17)20)7-4-3-5-8-16/h13,18H,2-12H2,1H3. The van der Waals surface area contributed by atoms with Gasteiger partial charge in [0.05, 0.1) is 0 Å². The van der Waals surface area contributed by atoms with E-state index in [-0.39, 0.29) is 29.8 Å². The minimum Gasteiger partial charge on any atom is -0.396 e. The van der Waals surface area contributed by atoms with Crippen LogP contribution in [0.4, 0.5) is 0 Å². The minimum absolute atomic E-state index is 0.0135. The second-order valence-electron chi connectivity index (χ2n) is 6.60. The van der Waals surface area contributed by atoms with Gasteiger partial charge in [-0.1, -0.05) is 32.6 Å². The topological polar surface area (TPSA) is 57.6 Å². The predicted octanol–water partition coefficient (Wildman–Crippen LogP) is 2.49. The number of carbonyl (C=O) groups excluding carboxylic acids is 2. The first kappa shape index (κ1) is 15.5. The van der Waals surface area contributed by atoms with Crippen molar-refractivity contribution in [2.75, 3.05) is 13.2 Å². The minimum atomic E-state index is -0.0262. The molecule has 1 spiro atoms. The van der Waals surface area contributed by atoms with Crippen molar-refractivity contribution in [2.45, 2.75) is 64.7 Å². The maximum Gasteiger partial charge on any atom is 0.229 e. The Bertz CT molecular complexity index is 341. The third-order valence-electron chi connectivity index (χ3n) is 5.12. The second-order valence-corrected chi connectivity index (χ2v) is 6.60. The molecule has 4 heteroatoms. The van der Waals surface area contributed by atoms with Gasteiger partial charge in [0.15, 0.2) is 0 Å². The lowest BCUT2D eigenvalue weighted by molar-refractivity contribution is -0.155. The van der Waals surface area contributed by atoms with E-state index in [1.807, 2.05) is 6.92 Å². The van der Waals surface area contributed by atoms with E-state index in [4.69, 9.17) is 5.11 Å². The Morgan fingerprint density at radius 1 is 1.15 bits per heavy atom. The lowest BCUT2D eigenvalue weighted by Crippen LogP contribution is -2.50. The van der Waals surface area contributed by atoms with Gasteiger partial charge < -0.3 is 5.11 Å². The van der Waals surface area contributed by atoms with Gasteiger partial charge in [-0.05, 0) is 30.6 Å². The van der Waals surface area contributed by atoms with Gasteiger partial charge >= 0.3 is 0 Å². The van der Waals surface area contributed by atoms with Crippen LogP contribution in [0.2, 0.25) is 0 Å². The first-order valence-corrected chi connectivity index (χ1v) is 8.04. The molecule has 0 bridgehead atoms. The Labute approximate surface area is 121 Å². The van der Waals surface area contributed by atoms with Crippen LogP contribution in [0.3, 0.4) is 0 Å². The molecule has 20 heavy (non-hydrogen) atoms. The number of aliphatic hydroxyl groups is 1. The summed E-state index contributed by atoms with van der Waals surface area (Å²) in [5, 5.41) is 9.04. The highest BCUT2D eigenvalue weighted by molar-refractivity contribution is 5.98. The number of aliphatic hydroxyl groups excluding tert-OH is 1. The summed E-state index contributed by atoms with van der Waals surface area (Å²) in [6.07, 6.45) is 8.27. The summed E-state index contributed by atoms with van der Waals surface area (Å²) in [6, 6.07) is 0. The molecule has 0 aromatic carbocycles. The average Bonchev–Trinajstić information content (AvgIpc) is 2.42. The van der Waals surface area contributed by atoms with Crippen molar-refractivity contribution in [3.05, 3.63) is 0 Å². The van der Waals surface area contributed by atoms with E-state index >= 15 is 0 Å². The molecule has 2 aliphatic rings. The Balaban J connectivity index is 1.99. The fourth-order valence-corrected chi connectivity index (χ4v) is 3.76. The van der Waals surface area contributed by atoms with Crippen LogP contribution in [0, 0.1) is 11.3 Å². The zero-order valence-electron chi connectivity index (χ0n) is 12.6. The summed E-state index contributed by atoms with van der Waals surface area (Å²) in [5.74, 6) is 0.257. The number of rotatable bonds is 5. The van der Waals surface area contributed by atoms with Gasteiger partial charge in [0, 0.05) is 26.0 Å². The first-order valence-electron chi connectivity index (χ1n) is 8.04. The Morgan fingerprint density at radius 2 is 1.75 bits per heavy atom. The number of imide groups is 1. The molecule has 4 nitrogen and oxygen atoms in total. The van der Waals surface area contributed by atoms with Crippen LogP contribution in [-0.4, -0.2) is 35.0 Å². The molecule has 1 aliphatic carbocycles. The van der Waals surface area contributed by atoms with E-state index in [2.05, 4.69) is 0 Å². The molecular formula is C16H27NO3. The molecule has 114 valence electrons. The van der Waals surface area contributed by atoms with Gasteiger partial charge in [0.25, 0.3) is 0 Å². The number of hydrogen-bond acceptors (Lipinski definition) is 3. The van der Waals surface area contributed by atoms with Crippen molar-refractivity contribution in [3.8, 4) is 0 Å². The van der Waals surface area contributed by atoms with Crippen LogP contribution in [0.5, 0.6) is 0 Å². The van der Waals surface area contributed by atoms with Crippen molar-refractivity contribution >= 4 is 11.8 Å². The largest absolute Gasteiger partial charge is 0.396 e. The number of nitrogens with zero attached hydrogens (tertiary/aromatic N) is 1. The summed E-state index contributed by atoms with van der Waals surface area (Å²) in [6.45, 7) is 2.66. The molecule has 2 amide bonds. The highest BCUT2D eigenvalue weighted by atomic mass is 16.3. The fourth-order valence-electron chi connectivity index (χ4n) is 3.76. The van der Waals surface area contributed by atoms with Crippen LogP contribution in [0.1, 0.15) is 64.7 Å². The van der Waals surface area contributed by atoms with Crippen LogP contribution in [0.25, 0.3) is 0 Å². The summed E-state index contributed by atoms with van der Waals surface area (Å²) >= 11 is 0. The lowest BCUT2D eigenvalue weighted by atomic mass is 9.67. The molecule has 0 aromatic heterocycles. The first-order chi connectivity index (χ1) is 9.60. The smallest absolute Gasteiger partial charge is 0.229 e. The van der Waals surface area contributed by atoms with Gasteiger partial charge in [0.2, 0.25) is 11.8 Å². The van der Waals surface area contributed by atoms with Gasteiger partial charge in [-0.15, -0.1) is 0 Å². The van der Waals surface area contributed by atoms with Crippen molar-refractivity contribution in [1.29, 1.82) is 0 Å². The molecule has 0 radical (unpaired) electrons. The van der Waals surface area contributed by atoms with E-state index in [0.29, 0.717) is 25.8 Å². The Morgan fingerprint density at radius 3 is 2.25 bits per heavy atom. The fraction of sp³-hybridized carbons (Fsp3) is 0.875. The molecule has 1 N–H and O–H groups in total. The molecule has 1 saturated heterocycles. The van der Waals surface area contributed by atoms with Crippen molar-refractivity contribution in [2.24, 2.45) is 11.3 Å². The van der Waals surface area contributed by atoms with E-state index < -0.39 is 0 Å².